The van der Waals surface area contributed by atoms with Crippen molar-refractivity contribution in [1.29, 1.82) is 0 Å². The molecular formula is C20H30N2O3. The van der Waals surface area contributed by atoms with Crippen LogP contribution in [-0.4, -0.2) is 48.6 Å². The first-order valence-electron chi connectivity index (χ1n) is 9.17. The predicted octanol–water partition coefficient (Wildman–Crippen LogP) is 2.54. The van der Waals surface area contributed by atoms with Gasteiger partial charge in [0.15, 0.2) is 0 Å². The summed E-state index contributed by atoms with van der Waals surface area (Å²) < 4.78 is 5.35. The number of amides is 1. The van der Waals surface area contributed by atoms with E-state index in [1.807, 2.05) is 44.2 Å². The summed E-state index contributed by atoms with van der Waals surface area (Å²) in [5.41, 5.74) is 0.341. The van der Waals surface area contributed by atoms with Gasteiger partial charge in [0.2, 0.25) is 5.91 Å². The minimum atomic E-state index is -0.617. The molecule has 1 aliphatic heterocycles. The molecule has 1 aromatic rings. The van der Waals surface area contributed by atoms with E-state index >= 15 is 0 Å². The van der Waals surface area contributed by atoms with Gasteiger partial charge in [-0.05, 0) is 45.3 Å². The lowest BCUT2D eigenvalue weighted by molar-refractivity contribution is -0.145. The van der Waals surface area contributed by atoms with E-state index in [1.165, 1.54) is 19.3 Å². The van der Waals surface area contributed by atoms with Crippen LogP contribution in [0.15, 0.2) is 30.3 Å². The Balaban J connectivity index is 1.68. The third kappa shape index (κ3) is 7.69. The normalized spacial score (nSPS) is 15.6. The Hall–Kier alpha value is -1.88. The second-order valence-electron chi connectivity index (χ2n) is 7.39. The Bertz CT molecular complexity index is 551. The molecule has 1 N–H and O–H groups in total. The number of ether oxygens (including phenoxy) is 1. The first-order valence-corrected chi connectivity index (χ1v) is 9.17. The van der Waals surface area contributed by atoms with Gasteiger partial charge in [-0.1, -0.05) is 36.8 Å². The van der Waals surface area contributed by atoms with Crippen molar-refractivity contribution in [3.05, 3.63) is 35.9 Å². The maximum absolute atomic E-state index is 12.2. The van der Waals surface area contributed by atoms with E-state index in [0.29, 0.717) is 13.0 Å². The summed E-state index contributed by atoms with van der Waals surface area (Å²) in [5.74, 6) is -0.348. The Labute approximate surface area is 150 Å². The van der Waals surface area contributed by atoms with E-state index in [1.54, 1.807) is 0 Å². The fraction of sp³-hybridized carbons (Fsp3) is 0.600. The largest absolute Gasteiger partial charge is 0.464 e. The van der Waals surface area contributed by atoms with E-state index in [-0.39, 0.29) is 18.3 Å². The highest BCUT2D eigenvalue weighted by Crippen LogP contribution is 2.11. The number of hydrogen-bond donors (Lipinski definition) is 1. The number of hydrogen-bond acceptors (Lipinski definition) is 4. The molecule has 0 atom stereocenters. The number of piperidine rings is 1. The topological polar surface area (TPSA) is 58.6 Å². The van der Waals surface area contributed by atoms with Gasteiger partial charge >= 0.3 is 5.97 Å². The molecule has 0 radical (unpaired) electrons. The number of carbonyl (C=O) groups excluding carboxylic acids is 2. The smallest absolute Gasteiger partial charge is 0.308 e. The molecule has 1 saturated heterocycles. The van der Waals surface area contributed by atoms with Crippen molar-refractivity contribution in [3.63, 3.8) is 0 Å². The van der Waals surface area contributed by atoms with E-state index in [4.69, 9.17) is 4.74 Å². The molecule has 0 saturated carbocycles. The number of carbonyl (C=O) groups is 2. The first kappa shape index (κ1) is 19.4. The van der Waals surface area contributed by atoms with E-state index in [9.17, 15) is 9.59 Å². The Morgan fingerprint density at radius 3 is 2.48 bits per heavy atom. The highest BCUT2D eigenvalue weighted by Gasteiger charge is 2.25. The van der Waals surface area contributed by atoms with Gasteiger partial charge in [-0.15, -0.1) is 0 Å². The molecule has 1 aliphatic rings. The number of nitrogens with zero attached hydrogens (tertiary/aromatic N) is 1. The van der Waals surface area contributed by atoms with Gasteiger partial charge in [0.25, 0.3) is 0 Å². The second-order valence-corrected chi connectivity index (χ2v) is 7.39. The fourth-order valence-corrected chi connectivity index (χ4v) is 3.13. The molecule has 1 aromatic carbocycles. The summed E-state index contributed by atoms with van der Waals surface area (Å²) in [5, 5.41) is 2.93. The van der Waals surface area contributed by atoms with Crippen molar-refractivity contribution < 1.29 is 14.3 Å². The van der Waals surface area contributed by atoms with Crippen LogP contribution in [0.4, 0.5) is 0 Å². The van der Waals surface area contributed by atoms with Gasteiger partial charge < -0.3 is 10.1 Å². The summed E-state index contributed by atoms with van der Waals surface area (Å²) in [6.45, 7) is 7.11. The van der Waals surface area contributed by atoms with Crippen LogP contribution >= 0.6 is 0 Å². The van der Waals surface area contributed by atoms with Gasteiger partial charge in [0, 0.05) is 12.1 Å². The highest BCUT2D eigenvalue weighted by molar-refractivity contribution is 5.80. The summed E-state index contributed by atoms with van der Waals surface area (Å²) in [6.07, 6.45) is 4.25. The standard InChI is InChI=1S/C20H30N2O3/c1-20(2,21-18(23)15-17-9-5-3-6-10-17)16-19(24)25-14-13-22-11-7-4-8-12-22/h3,5-6,9-10H,4,7-8,11-16H2,1-2H3,(H,21,23). The SMILES string of the molecule is CC(C)(CC(=O)OCCN1CCCCC1)NC(=O)Cc1ccccc1. The summed E-state index contributed by atoms with van der Waals surface area (Å²) in [4.78, 5) is 26.5. The minimum absolute atomic E-state index is 0.0858. The monoisotopic (exact) mass is 346 g/mol. The summed E-state index contributed by atoms with van der Waals surface area (Å²) >= 11 is 0. The van der Waals surface area contributed by atoms with Gasteiger partial charge in [-0.3, -0.25) is 14.5 Å². The Kier molecular flexibility index (Phi) is 7.44. The van der Waals surface area contributed by atoms with Crippen molar-refractivity contribution in [2.24, 2.45) is 0 Å². The molecule has 0 spiro atoms. The molecule has 5 heteroatoms. The molecular weight excluding hydrogens is 316 g/mol. The van der Waals surface area contributed by atoms with Crippen LogP contribution in [0.25, 0.3) is 0 Å². The maximum Gasteiger partial charge on any atom is 0.308 e. The van der Waals surface area contributed by atoms with Crippen LogP contribution in [0.3, 0.4) is 0 Å². The van der Waals surface area contributed by atoms with Crippen molar-refractivity contribution in [3.8, 4) is 0 Å². The molecule has 25 heavy (non-hydrogen) atoms. The maximum atomic E-state index is 12.2. The third-order valence-electron chi connectivity index (χ3n) is 4.39. The van der Waals surface area contributed by atoms with Gasteiger partial charge in [0.1, 0.15) is 6.61 Å². The molecule has 1 heterocycles. The van der Waals surface area contributed by atoms with Crippen molar-refractivity contribution >= 4 is 11.9 Å². The number of benzene rings is 1. The van der Waals surface area contributed by atoms with Crippen LogP contribution in [0.1, 0.15) is 45.1 Å². The van der Waals surface area contributed by atoms with Crippen LogP contribution in [0, 0.1) is 0 Å². The van der Waals surface area contributed by atoms with E-state index in [2.05, 4.69) is 10.2 Å². The Morgan fingerprint density at radius 1 is 1.12 bits per heavy atom. The zero-order valence-electron chi connectivity index (χ0n) is 15.4. The van der Waals surface area contributed by atoms with E-state index < -0.39 is 5.54 Å². The van der Waals surface area contributed by atoms with Crippen LogP contribution < -0.4 is 5.32 Å². The quantitative estimate of drug-likeness (QED) is 0.735. The summed E-state index contributed by atoms with van der Waals surface area (Å²) in [7, 11) is 0. The average molecular weight is 346 g/mol. The second kappa shape index (κ2) is 9.56. The van der Waals surface area contributed by atoms with Gasteiger partial charge in [0.05, 0.1) is 12.8 Å². The minimum Gasteiger partial charge on any atom is -0.464 e. The lowest BCUT2D eigenvalue weighted by Gasteiger charge is -2.27. The van der Waals surface area contributed by atoms with Crippen LogP contribution in [-0.2, 0) is 20.7 Å². The Morgan fingerprint density at radius 2 is 1.80 bits per heavy atom. The first-order chi connectivity index (χ1) is 11.9. The van der Waals surface area contributed by atoms with Gasteiger partial charge in [-0.25, -0.2) is 0 Å². The van der Waals surface area contributed by atoms with Gasteiger partial charge in [-0.2, -0.15) is 0 Å². The molecule has 0 aliphatic carbocycles. The number of rotatable bonds is 8. The van der Waals surface area contributed by atoms with Crippen LogP contribution in [0.2, 0.25) is 0 Å². The molecule has 1 amide bonds. The zero-order chi connectivity index (χ0) is 18.1. The zero-order valence-corrected chi connectivity index (χ0v) is 15.4. The highest BCUT2D eigenvalue weighted by atomic mass is 16.5. The number of esters is 1. The lowest BCUT2D eigenvalue weighted by atomic mass is 10.00. The lowest BCUT2D eigenvalue weighted by Crippen LogP contribution is -2.46. The number of likely N-dealkylation sites (tertiary alicyclic amines) is 1. The molecule has 0 aromatic heterocycles. The average Bonchev–Trinajstić information content (AvgIpc) is 2.55. The number of nitrogens with one attached hydrogen (secondary N) is 1. The molecule has 1 fully saturated rings. The van der Waals surface area contributed by atoms with Crippen molar-refractivity contribution in [2.75, 3.05) is 26.2 Å². The van der Waals surface area contributed by atoms with Crippen LogP contribution in [0.5, 0.6) is 0 Å². The fourth-order valence-electron chi connectivity index (χ4n) is 3.13. The third-order valence-corrected chi connectivity index (χ3v) is 4.39. The molecule has 138 valence electrons. The van der Waals surface area contributed by atoms with Crippen molar-refractivity contribution in [1.82, 2.24) is 10.2 Å². The molecule has 0 unspecified atom stereocenters. The molecule has 0 bridgehead atoms. The van der Waals surface area contributed by atoms with E-state index in [0.717, 1.165) is 25.2 Å². The molecule has 5 nitrogen and oxygen atoms in total. The van der Waals surface area contributed by atoms with Crippen molar-refractivity contribution in [2.45, 2.75) is 51.5 Å². The summed E-state index contributed by atoms with van der Waals surface area (Å²) in [6, 6.07) is 9.58. The molecule has 2 rings (SSSR count). The predicted molar refractivity (Wildman–Crippen MR) is 98.2 cm³/mol.